The number of nitrogens with zero attached hydrogens (tertiary/aromatic N) is 3. The van der Waals surface area contributed by atoms with Gasteiger partial charge in [-0.05, 0) is 56.2 Å². The molecular weight excluding hydrogens is 456 g/mol. The van der Waals surface area contributed by atoms with Gasteiger partial charge >= 0.3 is 12.2 Å². The van der Waals surface area contributed by atoms with Gasteiger partial charge in [-0.3, -0.25) is 4.90 Å². The molecule has 0 aliphatic carbocycles. The molecule has 2 N–H and O–H groups in total. The Morgan fingerprint density at radius 2 is 1.43 bits per heavy atom. The molecule has 2 fully saturated rings. The zero-order chi connectivity index (χ0) is 25.5. The van der Waals surface area contributed by atoms with E-state index in [-0.39, 0.29) is 53.8 Å². The molecule has 2 aromatic carbocycles. The van der Waals surface area contributed by atoms with Crippen LogP contribution in [0.15, 0.2) is 48.5 Å². The highest BCUT2D eigenvalue weighted by molar-refractivity contribution is 5.65. The molecular formula is C26H32F2N3O4+. The number of amides is 2. The predicted octanol–water partition coefficient (Wildman–Crippen LogP) is 4.44. The zero-order valence-corrected chi connectivity index (χ0v) is 20.2. The molecule has 0 bridgehead atoms. The summed E-state index contributed by atoms with van der Waals surface area (Å²) in [5.41, 5.74) is 0.918. The van der Waals surface area contributed by atoms with Crippen molar-refractivity contribution in [1.29, 1.82) is 0 Å². The second-order valence-corrected chi connectivity index (χ2v) is 10.6. The van der Waals surface area contributed by atoms with E-state index in [4.69, 9.17) is 0 Å². The molecule has 4 rings (SSSR count). The summed E-state index contributed by atoms with van der Waals surface area (Å²) in [5, 5.41) is 20.2. The van der Waals surface area contributed by atoms with E-state index in [1.807, 2.05) is 20.8 Å². The van der Waals surface area contributed by atoms with Crippen LogP contribution in [0.3, 0.4) is 0 Å². The summed E-state index contributed by atoms with van der Waals surface area (Å²) < 4.78 is 27.4. The minimum absolute atomic E-state index is 0.203. The van der Waals surface area contributed by atoms with Crippen molar-refractivity contribution in [2.24, 2.45) is 0 Å². The van der Waals surface area contributed by atoms with Crippen molar-refractivity contribution in [3.8, 4) is 0 Å². The Hall–Kier alpha value is -3.04. The van der Waals surface area contributed by atoms with Crippen LogP contribution in [0, 0.1) is 11.6 Å². The highest BCUT2D eigenvalue weighted by Gasteiger charge is 2.58. The molecule has 0 radical (unpaired) electrons. The quantitative estimate of drug-likeness (QED) is 0.625. The molecule has 2 aliphatic heterocycles. The van der Waals surface area contributed by atoms with Crippen LogP contribution in [0.2, 0.25) is 0 Å². The Balaban J connectivity index is 1.87. The largest absolute Gasteiger partial charge is 0.514 e. The van der Waals surface area contributed by atoms with Crippen molar-refractivity contribution in [2.75, 3.05) is 32.7 Å². The first-order valence-corrected chi connectivity index (χ1v) is 11.8. The van der Waals surface area contributed by atoms with Crippen molar-refractivity contribution < 1.29 is 33.1 Å². The lowest BCUT2D eigenvalue weighted by molar-refractivity contribution is -0.913. The molecule has 2 aromatic rings. The fraction of sp³-hybridized carbons (Fsp3) is 0.462. The molecule has 0 spiro atoms. The molecule has 188 valence electrons. The van der Waals surface area contributed by atoms with Crippen LogP contribution in [-0.2, 0) is 0 Å². The molecule has 7 nitrogen and oxygen atoms in total. The Morgan fingerprint density at radius 1 is 0.914 bits per heavy atom. The van der Waals surface area contributed by atoms with Crippen molar-refractivity contribution >= 4 is 12.2 Å². The van der Waals surface area contributed by atoms with E-state index in [0.29, 0.717) is 13.1 Å². The lowest BCUT2D eigenvalue weighted by Crippen LogP contribution is -2.78. The van der Waals surface area contributed by atoms with E-state index >= 15 is 0 Å². The van der Waals surface area contributed by atoms with Crippen molar-refractivity contribution in [2.45, 2.75) is 44.3 Å². The maximum Gasteiger partial charge on any atom is 0.514 e. The highest BCUT2D eigenvalue weighted by atomic mass is 19.1. The fourth-order valence-electron chi connectivity index (χ4n) is 5.77. The number of halogens is 2. The van der Waals surface area contributed by atoms with Gasteiger partial charge in [0.05, 0.1) is 12.1 Å². The van der Waals surface area contributed by atoms with E-state index < -0.39 is 17.7 Å². The first-order valence-electron chi connectivity index (χ1n) is 11.8. The monoisotopic (exact) mass is 488 g/mol. The Bertz CT molecular complexity index is 1040. The molecule has 0 aromatic heterocycles. The lowest BCUT2D eigenvalue weighted by Gasteiger charge is -2.57. The van der Waals surface area contributed by atoms with Gasteiger partial charge in [0.15, 0.2) is 0 Å². The van der Waals surface area contributed by atoms with Crippen molar-refractivity contribution in [3.63, 3.8) is 0 Å². The molecule has 3 atom stereocenters. The summed E-state index contributed by atoms with van der Waals surface area (Å²) in [6, 6.07) is 11.6. The first kappa shape index (κ1) is 25.1. The van der Waals surface area contributed by atoms with Crippen LogP contribution in [0.4, 0.5) is 18.4 Å². The van der Waals surface area contributed by atoms with E-state index in [1.165, 1.54) is 29.2 Å². The van der Waals surface area contributed by atoms with Crippen molar-refractivity contribution in [1.82, 2.24) is 9.80 Å². The third kappa shape index (κ3) is 4.62. The average Bonchev–Trinajstić information content (AvgIpc) is 2.80. The fourth-order valence-corrected chi connectivity index (χ4v) is 5.77. The second kappa shape index (κ2) is 9.20. The van der Waals surface area contributed by atoms with E-state index in [2.05, 4.69) is 4.90 Å². The second-order valence-electron chi connectivity index (χ2n) is 10.6. The molecule has 2 heterocycles. The van der Waals surface area contributed by atoms with Gasteiger partial charge in [-0.1, -0.05) is 24.3 Å². The van der Waals surface area contributed by atoms with Crippen LogP contribution in [0.1, 0.15) is 37.8 Å². The maximum atomic E-state index is 13.8. The third-order valence-electron chi connectivity index (χ3n) is 7.74. The van der Waals surface area contributed by atoms with E-state index in [0.717, 1.165) is 11.1 Å². The number of benzene rings is 2. The molecule has 2 amide bonds. The third-order valence-corrected chi connectivity index (χ3v) is 7.74. The summed E-state index contributed by atoms with van der Waals surface area (Å²) in [6.07, 6.45) is -1.99. The number of quaternary nitrogens is 1. The van der Waals surface area contributed by atoms with Crippen LogP contribution in [0.25, 0.3) is 0 Å². The lowest BCUT2D eigenvalue weighted by atomic mass is 9.79. The van der Waals surface area contributed by atoms with Gasteiger partial charge in [0.1, 0.15) is 30.3 Å². The minimum atomic E-state index is -1.02. The summed E-state index contributed by atoms with van der Waals surface area (Å²) in [4.78, 5) is 28.2. The number of hydrogen-bond acceptors (Lipinski definition) is 3. The first-order chi connectivity index (χ1) is 16.4. The number of hydrogen-bond donors (Lipinski definition) is 2. The molecule has 2 aliphatic rings. The number of piperazine rings is 2. The van der Waals surface area contributed by atoms with Gasteiger partial charge in [0, 0.05) is 25.6 Å². The number of rotatable bonds is 3. The van der Waals surface area contributed by atoms with Crippen molar-refractivity contribution in [3.05, 3.63) is 71.3 Å². The summed E-state index contributed by atoms with van der Waals surface area (Å²) in [6.45, 7) is 7.15. The molecule has 2 saturated heterocycles. The van der Waals surface area contributed by atoms with Gasteiger partial charge < -0.3 is 15.1 Å². The summed E-state index contributed by atoms with van der Waals surface area (Å²) >= 11 is 0. The normalized spacial score (nSPS) is 25.4. The van der Waals surface area contributed by atoms with Crippen LogP contribution >= 0.6 is 0 Å². The molecule has 35 heavy (non-hydrogen) atoms. The summed E-state index contributed by atoms with van der Waals surface area (Å²) in [5.74, 6) is -1.13. The molecule has 1 unspecified atom stereocenters. The number of fused-ring (bicyclic) bond motifs is 1. The topological polar surface area (TPSA) is 81.1 Å². The standard InChI is InChI=1S/C26H31F2N3O4/c1-26(2,3)31(25(34)35)15-21-14-29(24(32)33)12-13-30(21)22(16-31)23(17-4-8-19(27)9-5-17)18-6-10-20(28)11-7-18/h4-11,21-23H,12-16H2,1-3H3,(H-,32,33,34,35)/p+1/t21-,22-,31?/m0/s1. The van der Waals surface area contributed by atoms with E-state index in [9.17, 15) is 28.6 Å². The number of carbonyl (C=O) groups is 2. The van der Waals surface area contributed by atoms with Gasteiger partial charge in [-0.2, -0.15) is 4.79 Å². The van der Waals surface area contributed by atoms with Gasteiger partial charge in [-0.15, -0.1) is 0 Å². The Morgan fingerprint density at radius 3 is 1.86 bits per heavy atom. The smallest absolute Gasteiger partial charge is 0.465 e. The Labute approximate surface area is 203 Å². The van der Waals surface area contributed by atoms with E-state index in [1.54, 1.807) is 24.3 Å². The highest BCUT2D eigenvalue weighted by Crippen LogP contribution is 2.41. The van der Waals surface area contributed by atoms with Crippen LogP contribution < -0.4 is 0 Å². The SMILES string of the molecule is CC(C)(C)[N+]1(C(=O)O)C[C@@H]2CN(C(=O)O)CCN2[C@H](C(c2ccc(F)cc2)c2ccc(F)cc2)C1. The zero-order valence-electron chi connectivity index (χ0n) is 20.2. The predicted molar refractivity (Wildman–Crippen MR) is 126 cm³/mol. The molecule has 9 heteroatoms. The summed E-state index contributed by atoms with van der Waals surface area (Å²) in [7, 11) is 0. The van der Waals surface area contributed by atoms with Gasteiger partial charge in [0.25, 0.3) is 0 Å². The average molecular weight is 489 g/mol. The van der Waals surface area contributed by atoms with Crippen LogP contribution in [-0.4, -0.2) is 87.0 Å². The Kier molecular flexibility index (Phi) is 6.59. The minimum Gasteiger partial charge on any atom is -0.465 e. The van der Waals surface area contributed by atoms with Gasteiger partial charge in [0.2, 0.25) is 0 Å². The number of carboxylic acid groups (broad SMARTS) is 2. The van der Waals surface area contributed by atoms with Gasteiger partial charge in [-0.25, -0.2) is 18.1 Å². The van der Waals surface area contributed by atoms with Crippen LogP contribution in [0.5, 0.6) is 0 Å². The maximum absolute atomic E-state index is 13.8. The molecule has 0 saturated carbocycles.